The standard InChI is InChI=1S/C14H15N3O3/c1-9(2)20-12-6-4-3-5-11(12)17-14(19)10-7-15-8-16-13(10)18/h3-9H,1-2H3,(H,17,19)(H,15,16,18). The van der Waals surface area contributed by atoms with Crippen molar-refractivity contribution in [3.63, 3.8) is 0 Å². The number of carbonyl (C=O) groups excluding carboxylic acids is 1. The zero-order chi connectivity index (χ0) is 14.5. The maximum atomic E-state index is 12.0. The van der Waals surface area contributed by atoms with E-state index in [0.29, 0.717) is 11.4 Å². The molecule has 0 aliphatic rings. The SMILES string of the molecule is CC(C)Oc1ccccc1NC(=O)c1cnc[nH]c1=O. The van der Waals surface area contributed by atoms with Crippen molar-refractivity contribution in [2.24, 2.45) is 0 Å². The lowest BCUT2D eigenvalue weighted by atomic mass is 10.2. The van der Waals surface area contributed by atoms with Crippen LogP contribution in [0.5, 0.6) is 5.75 Å². The normalized spacial score (nSPS) is 10.3. The maximum absolute atomic E-state index is 12.0. The quantitative estimate of drug-likeness (QED) is 0.889. The highest BCUT2D eigenvalue weighted by atomic mass is 16.5. The molecule has 0 aliphatic heterocycles. The predicted molar refractivity (Wildman–Crippen MR) is 75.0 cm³/mol. The van der Waals surface area contributed by atoms with Crippen molar-refractivity contribution in [2.75, 3.05) is 5.32 Å². The maximum Gasteiger partial charge on any atom is 0.263 e. The van der Waals surface area contributed by atoms with Crippen LogP contribution >= 0.6 is 0 Å². The van der Waals surface area contributed by atoms with Crippen LogP contribution < -0.4 is 15.6 Å². The summed E-state index contributed by atoms with van der Waals surface area (Å²) in [4.78, 5) is 29.7. The number of anilines is 1. The summed E-state index contributed by atoms with van der Waals surface area (Å²) in [5, 5.41) is 2.65. The van der Waals surface area contributed by atoms with E-state index in [9.17, 15) is 9.59 Å². The van der Waals surface area contributed by atoms with Gasteiger partial charge in [0.25, 0.3) is 11.5 Å². The van der Waals surface area contributed by atoms with Crippen LogP contribution in [0.25, 0.3) is 0 Å². The van der Waals surface area contributed by atoms with E-state index in [1.807, 2.05) is 19.9 Å². The van der Waals surface area contributed by atoms with Gasteiger partial charge in [-0.1, -0.05) is 12.1 Å². The van der Waals surface area contributed by atoms with Crippen molar-refractivity contribution in [1.29, 1.82) is 0 Å². The fourth-order valence-corrected chi connectivity index (χ4v) is 1.62. The van der Waals surface area contributed by atoms with E-state index in [0.717, 1.165) is 0 Å². The summed E-state index contributed by atoms with van der Waals surface area (Å²) in [5.41, 5.74) is -0.0268. The van der Waals surface area contributed by atoms with Crippen molar-refractivity contribution >= 4 is 11.6 Å². The van der Waals surface area contributed by atoms with Crippen LogP contribution in [0.15, 0.2) is 41.6 Å². The third kappa shape index (κ3) is 3.23. The van der Waals surface area contributed by atoms with E-state index >= 15 is 0 Å². The van der Waals surface area contributed by atoms with E-state index in [1.54, 1.807) is 18.2 Å². The molecule has 2 N–H and O–H groups in total. The van der Waals surface area contributed by atoms with Gasteiger partial charge in [0.05, 0.1) is 18.1 Å². The Hall–Kier alpha value is -2.63. The van der Waals surface area contributed by atoms with Gasteiger partial charge in [-0.15, -0.1) is 0 Å². The Bertz CT molecular complexity index is 664. The number of H-pyrrole nitrogens is 1. The molecule has 0 radical (unpaired) electrons. The molecule has 0 saturated heterocycles. The Morgan fingerprint density at radius 1 is 1.35 bits per heavy atom. The highest BCUT2D eigenvalue weighted by molar-refractivity contribution is 6.04. The van der Waals surface area contributed by atoms with Crippen molar-refractivity contribution in [1.82, 2.24) is 9.97 Å². The van der Waals surface area contributed by atoms with Gasteiger partial charge >= 0.3 is 0 Å². The van der Waals surface area contributed by atoms with E-state index < -0.39 is 11.5 Å². The van der Waals surface area contributed by atoms with E-state index in [2.05, 4.69) is 15.3 Å². The molecule has 0 saturated carbocycles. The number of nitrogens with one attached hydrogen (secondary N) is 2. The van der Waals surface area contributed by atoms with Crippen molar-refractivity contribution in [3.05, 3.63) is 52.7 Å². The van der Waals surface area contributed by atoms with Gasteiger partial charge in [0, 0.05) is 6.20 Å². The van der Waals surface area contributed by atoms with Crippen LogP contribution in [0.2, 0.25) is 0 Å². The fourth-order valence-electron chi connectivity index (χ4n) is 1.62. The minimum atomic E-state index is -0.529. The zero-order valence-electron chi connectivity index (χ0n) is 11.2. The Balaban J connectivity index is 2.24. The molecule has 20 heavy (non-hydrogen) atoms. The molecule has 6 heteroatoms. The van der Waals surface area contributed by atoms with Crippen molar-refractivity contribution < 1.29 is 9.53 Å². The monoisotopic (exact) mass is 273 g/mol. The summed E-state index contributed by atoms with van der Waals surface area (Å²) in [6.07, 6.45) is 2.43. The third-order valence-corrected chi connectivity index (χ3v) is 2.46. The molecule has 0 spiro atoms. The number of carbonyl (C=O) groups is 1. The second-order valence-electron chi connectivity index (χ2n) is 4.41. The lowest BCUT2D eigenvalue weighted by Gasteiger charge is -2.14. The van der Waals surface area contributed by atoms with E-state index in [-0.39, 0.29) is 11.7 Å². The summed E-state index contributed by atoms with van der Waals surface area (Å²) in [6, 6.07) is 7.05. The first-order valence-electron chi connectivity index (χ1n) is 6.17. The molecular weight excluding hydrogens is 258 g/mol. The van der Waals surface area contributed by atoms with Crippen molar-refractivity contribution in [2.45, 2.75) is 20.0 Å². The van der Waals surface area contributed by atoms with E-state index in [4.69, 9.17) is 4.74 Å². The number of hydrogen-bond donors (Lipinski definition) is 2. The summed E-state index contributed by atoms with van der Waals surface area (Å²) in [7, 11) is 0. The minimum Gasteiger partial charge on any atom is -0.489 e. The molecule has 1 heterocycles. The fraction of sp³-hybridized carbons (Fsp3) is 0.214. The zero-order valence-corrected chi connectivity index (χ0v) is 11.2. The molecule has 1 amide bonds. The first kappa shape index (κ1) is 13.8. The highest BCUT2D eigenvalue weighted by Crippen LogP contribution is 2.25. The number of aromatic amines is 1. The van der Waals surface area contributed by atoms with E-state index in [1.165, 1.54) is 12.5 Å². The van der Waals surface area contributed by atoms with Gasteiger partial charge in [-0.25, -0.2) is 4.98 Å². The topological polar surface area (TPSA) is 84.1 Å². The summed E-state index contributed by atoms with van der Waals surface area (Å²) in [6.45, 7) is 3.79. The summed E-state index contributed by atoms with van der Waals surface area (Å²) in [5.74, 6) is 0.0234. The Kier molecular flexibility index (Phi) is 4.14. The Labute approximate surface area is 115 Å². The van der Waals surface area contributed by atoms with Gasteiger partial charge in [-0.3, -0.25) is 9.59 Å². The third-order valence-electron chi connectivity index (χ3n) is 2.46. The van der Waals surface area contributed by atoms with Crippen LogP contribution in [-0.4, -0.2) is 22.0 Å². The summed E-state index contributed by atoms with van der Waals surface area (Å²) >= 11 is 0. The Morgan fingerprint density at radius 2 is 2.10 bits per heavy atom. The van der Waals surface area contributed by atoms with Crippen LogP contribution in [0.1, 0.15) is 24.2 Å². The molecule has 0 atom stereocenters. The highest BCUT2D eigenvalue weighted by Gasteiger charge is 2.13. The smallest absolute Gasteiger partial charge is 0.263 e. The van der Waals surface area contributed by atoms with Gasteiger partial charge in [-0.05, 0) is 26.0 Å². The van der Waals surface area contributed by atoms with Gasteiger partial charge in [0.2, 0.25) is 0 Å². The molecule has 0 aliphatic carbocycles. The molecule has 0 fully saturated rings. The van der Waals surface area contributed by atoms with Crippen LogP contribution in [-0.2, 0) is 0 Å². The molecule has 0 bridgehead atoms. The number of amides is 1. The minimum absolute atomic E-state index is 0.0187. The number of benzene rings is 1. The van der Waals surface area contributed by atoms with Crippen molar-refractivity contribution in [3.8, 4) is 5.75 Å². The van der Waals surface area contributed by atoms with Crippen LogP contribution in [0.3, 0.4) is 0 Å². The van der Waals surface area contributed by atoms with Crippen LogP contribution in [0.4, 0.5) is 5.69 Å². The molecule has 2 rings (SSSR count). The summed E-state index contributed by atoms with van der Waals surface area (Å²) < 4.78 is 5.60. The van der Waals surface area contributed by atoms with Crippen LogP contribution in [0, 0.1) is 0 Å². The number of hydrogen-bond acceptors (Lipinski definition) is 4. The lowest BCUT2D eigenvalue weighted by molar-refractivity contribution is 0.102. The number of nitrogens with zero attached hydrogens (tertiary/aromatic N) is 1. The number of aromatic nitrogens is 2. The van der Waals surface area contributed by atoms with Gasteiger partial charge < -0.3 is 15.0 Å². The molecular formula is C14H15N3O3. The molecule has 0 unspecified atom stereocenters. The largest absolute Gasteiger partial charge is 0.489 e. The number of para-hydroxylation sites is 2. The number of rotatable bonds is 4. The van der Waals surface area contributed by atoms with Gasteiger partial charge in [0.15, 0.2) is 0 Å². The molecule has 1 aromatic heterocycles. The Morgan fingerprint density at radius 3 is 2.80 bits per heavy atom. The molecule has 104 valence electrons. The second kappa shape index (κ2) is 6.01. The first-order valence-corrected chi connectivity index (χ1v) is 6.17. The van der Waals surface area contributed by atoms with Gasteiger partial charge in [0.1, 0.15) is 11.3 Å². The predicted octanol–water partition coefficient (Wildman–Crippen LogP) is 1.81. The average Bonchev–Trinajstić information content (AvgIpc) is 2.41. The lowest BCUT2D eigenvalue weighted by Crippen LogP contribution is -2.23. The molecule has 1 aromatic carbocycles. The molecule has 6 nitrogen and oxygen atoms in total. The second-order valence-corrected chi connectivity index (χ2v) is 4.41. The number of ether oxygens (including phenoxy) is 1. The molecule has 2 aromatic rings. The first-order chi connectivity index (χ1) is 9.58. The average molecular weight is 273 g/mol. The van der Waals surface area contributed by atoms with Gasteiger partial charge in [-0.2, -0.15) is 0 Å².